The molecule has 0 atom stereocenters. The van der Waals surface area contributed by atoms with Gasteiger partial charge in [-0.1, -0.05) is 109 Å². The SMILES string of the molecule is [Ca+2].[O-]c1ccc2cc(-c3ccccc3)ccc2c1-c1c([O-])ccc2cc(-c3ccccc3)ccc12. The van der Waals surface area contributed by atoms with Crippen molar-refractivity contribution in [3.63, 3.8) is 0 Å². The second-order valence-corrected chi connectivity index (χ2v) is 8.48. The first-order valence-electron chi connectivity index (χ1n) is 11.3. The molecule has 0 saturated carbocycles. The predicted molar refractivity (Wildman–Crippen MR) is 142 cm³/mol. The van der Waals surface area contributed by atoms with Gasteiger partial charge in [-0.25, -0.2) is 0 Å². The van der Waals surface area contributed by atoms with Gasteiger partial charge >= 0.3 is 37.7 Å². The summed E-state index contributed by atoms with van der Waals surface area (Å²) in [5.41, 5.74) is 5.32. The first-order chi connectivity index (χ1) is 16.7. The molecule has 0 fully saturated rings. The second kappa shape index (κ2) is 9.75. The molecule has 0 bridgehead atoms. The molecule has 0 aliphatic carbocycles. The molecular weight excluding hydrogens is 456 g/mol. The van der Waals surface area contributed by atoms with Gasteiger partial charge in [0.25, 0.3) is 0 Å². The van der Waals surface area contributed by atoms with Crippen LogP contribution >= 0.6 is 0 Å². The van der Waals surface area contributed by atoms with E-state index in [9.17, 15) is 10.2 Å². The molecule has 6 aromatic carbocycles. The van der Waals surface area contributed by atoms with E-state index in [0.29, 0.717) is 11.1 Å². The quantitative estimate of drug-likeness (QED) is 0.265. The van der Waals surface area contributed by atoms with Crippen LogP contribution in [0, 0.1) is 0 Å². The van der Waals surface area contributed by atoms with E-state index in [1.165, 1.54) is 0 Å². The Kier molecular flexibility index (Phi) is 6.53. The van der Waals surface area contributed by atoms with E-state index in [4.69, 9.17) is 0 Å². The molecule has 0 aliphatic rings. The molecule has 0 saturated heterocycles. The molecule has 0 amide bonds. The fourth-order valence-electron chi connectivity index (χ4n) is 4.76. The average Bonchev–Trinajstić information content (AvgIpc) is 2.90. The fourth-order valence-corrected chi connectivity index (χ4v) is 4.76. The zero-order valence-electron chi connectivity index (χ0n) is 19.1. The summed E-state index contributed by atoms with van der Waals surface area (Å²) in [6.07, 6.45) is 0. The van der Waals surface area contributed by atoms with E-state index in [1.54, 1.807) is 12.1 Å². The van der Waals surface area contributed by atoms with Crippen LogP contribution in [-0.4, -0.2) is 37.7 Å². The maximum atomic E-state index is 13.1. The molecule has 35 heavy (non-hydrogen) atoms. The van der Waals surface area contributed by atoms with Gasteiger partial charge in [0.1, 0.15) is 0 Å². The Morgan fingerprint density at radius 3 is 1.17 bits per heavy atom. The van der Waals surface area contributed by atoms with Crippen LogP contribution in [-0.2, 0) is 0 Å². The van der Waals surface area contributed by atoms with E-state index < -0.39 is 0 Å². The third-order valence-electron chi connectivity index (χ3n) is 6.43. The molecule has 0 spiro atoms. The van der Waals surface area contributed by atoms with Gasteiger partial charge in [0.2, 0.25) is 0 Å². The standard InChI is InChI=1S/C32H22O2.Ca/c33-29-17-13-25-19-23(21-7-3-1-4-8-21)11-15-27(25)31(29)32-28-16-12-24(22-9-5-2-6-10-22)20-26(28)14-18-30(32)34;/h1-20,33-34H;/q;+2/p-2. The number of fused-ring (bicyclic) bond motifs is 2. The van der Waals surface area contributed by atoms with Crippen molar-refractivity contribution in [1.29, 1.82) is 0 Å². The summed E-state index contributed by atoms with van der Waals surface area (Å²) in [6.45, 7) is 0. The maximum absolute atomic E-state index is 13.1. The first kappa shape index (κ1) is 23.4. The molecule has 0 aromatic heterocycles. The molecule has 0 N–H and O–H groups in total. The van der Waals surface area contributed by atoms with Gasteiger partial charge in [-0.2, -0.15) is 0 Å². The van der Waals surface area contributed by atoms with Gasteiger partial charge < -0.3 is 10.2 Å². The van der Waals surface area contributed by atoms with Crippen LogP contribution in [0.15, 0.2) is 121 Å². The van der Waals surface area contributed by atoms with Crippen molar-refractivity contribution in [2.24, 2.45) is 0 Å². The van der Waals surface area contributed by atoms with Crippen molar-refractivity contribution in [2.75, 3.05) is 0 Å². The Morgan fingerprint density at radius 1 is 0.371 bits per heavy atom. The summed E-state index contributed by atoms with van der Waals surface area (Å²) in [6, 6.07) is 39.2. The van der Waals surface area contributed by atoms with Crippen LogP contribution in [0.4, 0.5) is 0 Å². The van der Waals surface area contributed by atoms with Gasteiger partial charge in [0.15, 0.2) is 0 Å². The van der Waals surface area contributed by atoms with Crippen molar-refractivity contribution in [3.05, 3.63) is 121 Å². The molecule has 6 aromatic rings. The monoisotopic (exact) mass is 476 g/mol. The van der Waals surface area contributed by atoms with Crippen LogP contribution in [0.1, 0.15) is 0 Å². The largest absolute Gasteiger partial charge is 2.00 e. The molecule has 0 aliphatic heterocycles. The molecular formula is C32H20CaO2. The topological polar surface area (TPSA) is 46.1 Å². The fraction of sp³-hybridized carbons (Fsp3) is 0. The zero-order chi connectivity index (χ0) is 23.1. The number of benzene rings is 6. The third-order valence-corrected chi connectivity index (χ3v) is 6.43. The van der Waals surface area contributed by atoms with E-state index >= 15 is 0 Å². The summed E-state index contributed by atoms with van der Waals surface area (Å²) >= 11 is 0. The Hall–Kier alpha value is -3.30. The van der Waals surface area contributed by atoms with Crippen LogP contribution in [0.2, 0.25) is 0 Å². The summed E-state index contributed by atoms with van der Waals surface area (Å²) in [4.78, 5) is 0. The maximum Gasteiger partial charge on any atom is 2.00 e. The van der Waals surface area contributed by atoms with Gasteiger partial charge in [-0.3, -0.25) is 0 Å². The average molecular weight is 477 g/mol. The van der Waals surface area contributed by atoms with E-state index in [2.05, 4.69) is 36.4 Å². The number of hydrogen-bond donors (Lipinski definition) is 0. The zero-order valence-corrected chi connectivity index (χ0v) is 21.3. The normalized spacial score (nSPS) is 10.9. The minimum absolute atomic E-state index is 0. The molecule has 162 valence electrons. The summed E-state index contributed by atoms with van der Waals surface area (Å²) in [5, 5.41) is 29.7. The van der Waals surface area contributed by atoms with Crippen molar-refractivity contribution in [2.45, 2.75) is 0 Å². The van der Waals surface area contributed by atoms with Gasteiger partial charge in [-0.05, 0) is 67.1 Å². The van der Waals surface area contributed by atoms with E-state index in [-0.39, 0.29) is 49.2 Å². The summed E-state index contributed by atoms with van der Waals surface area (Å²) < 4.78 is 0. The van der Waals surface area contributed by atoms with Crippen LogP contribution in [0.25, 0.3) is 54.9 Å². The smallest absolute Gasteiger partial charge is 0.872 e. The second-order valence-electron chi connectivity index (χ2n) is 8.48. The minimum atomic E-state index is -0.142. The van der Waals surface area contributed by atoms with Crippen LogP contribution < -0.4 is 10.2 Å². The van der Waals surface area contributed by atoms with Gasteiger partial charge in [-0.15, -0.1) is 11.5 Å². The van der Waals surface area contributed by atoms with Gasteiger partial charge in [0.05, 0.1) is 0 Å². The van der Waals surface area contributed by atoms with Crippen LogP contribution in [0.5, 0.6) is 11.5 Å². The molecule has 2 nitrogen and oxygen atoms in total. The first-order valence-corrected chi connectivity index (χ1v) is 11.3. The van der Waals surface area contributed by atoms with E-state index in [0.717, 1.165) is 43.8 Å². The van der Waals surface area contributed by atoms with E-state index in [1.807, 2.05) is 72.8 Å². The minimum Gasteiger partial charge on any atom is -0.872 e. The Bertz CT molecular complexity index is 1530. The third kappa shape index (κ3) is 4.30. The summed E-state index contributed by atoms with van der Waals surface area (Å²) in [7, 11) is 0. The Labute approximate surface area is 234 Å². The van der Waals surface area contributed by atoms with Crippen molar-refractivity contribution >= 4 is 59.3 Å². The Balaban J connectivity index is 0.00000253. The summed E-state index contributed by atoms with van der Waals surface area (Å²) in [5.74, 6) is -0.284. The van der Waals surface area contributed by atoms with Crippen molar-refractivity contribution in [1.82, 2.24) is 0 Å². The van der Waals surface area contributed by atoms with Gasteiger partial charge in [0, 0.05) is 0 Å². The molecule has 0 radical (unpaired) electrons. The van der Waals surface area contributed by atoms with Crippen molar-refractivity contribution in [3.8, 4) is 44.9 Å². The number of rotatable bonds is 3. The Morgan fingerprint density at radius 2 is 0.771 bits per heavy atom. The van der Waals surface area contributed by atoms with Crippen LogP contribution in [0.3, 0.4) is 0 Å². The molecule has 0 heterocycles. The van der Waals surface area contributed by atoms with Crippen molar-refractivity contribution < 1.29 is 10.2 Å². The molecule has 6 rings (SSSR count). The molecule has 0 unspecified atom stereocenters. The number of hydrogen-bond acceptors (Lipinski definition) is 2. The predicted octanol–water partition coefficient (Wildman–Crippen LogP) is 6.76. The molecule has 3 heteroatoms.